The molecule has 1 aromatic carbocycles. The summed E-state index contributed by atoms with van der Waals surface area (Å²) in [5.41, 5.74) is -1.79. The van der Waals surface area contributed by atoms with Gasteiger partial charge in [-0.3, -0.25) is 5.10 Å². The lowest BCUT2D eigenvalue weighted by atomic mass is 10.1. The summed E-state index contributed by atoms with van der Waals surface area (Å²) < 4.78 is 67.5. The number of benzene rings is 1. The Morgan fingerprint density at radius 3 is 2.61 bits per heavy atom. The minimum atomic E-state index is -4.75. The van der Waals surface area contributed by atoms with Crippen molar-refractivity contribution >= 4 is 16.9 Å². The molecule has 0 amide bonds. The van der Waals surface area contributed by atoms with Gasteiger partial charge in [-0.2, -0.15) is 18.3 Å². The molecule has 0 saturated carbocycles. The number of hydrogen-bond donors (Lipinski definition) is 3. The molecule has 0 radical (unpaired) electrons. The molecule has 3 aromatic rings. The zero-order chi connectivity index (χ0) is 19.9. The Morgan fingerprint density at radius 2 is 1.89 bits per heavy atom. The van der Waals surface area contributed by atoms with E-state index in [-0.39, 0.29) is 28.6 Å². The fraction of sp³-hybridized carbons (Fsp3) is 0.353. The topological polar surface area (TPSA) is 78.5 Å². The predicted octanol–water partition coefficient (Wildman–Crippen LogP) is 3.48. The Labute approximate surface area is 155 Å². The number of nitrogens with zero attached hydrogens (tertiary/aromatic N) is 3. The van der Waals surface area contributed by atoms with E-state index in [0.717, 1.165) is 31.5 Å². The van der Waals surface area contributed by atoms with Gasteiger partial charge in [0.2, 0.25) is 5.95 Å². The van der Waals surface area contributed by atoms with Crippen molar-refractivity contribution in [3.05, 3.63) is 35.5 Å². The van der Waals surface area contributed by atoms with E-state index >= 15 is 0 Å². The number of piperidine rings is 1. The summed E-state index contributed by atoms with van der Waals surface area (Å²) in [4.78, 5) is 7.79. The summed E-state index contributed by atoms with van der Waals surface area (Å²) in [6.07, 6.45) is -2.34. The molecule has 6 nitrogen and oxygen atoms in total. The molecule has 2 aromatic heterocycles. The van der Waals surface area contributed by atoms with Crippen LogP contribution in [0.4, 0.5) is 27.9 Å². The minimum Gasteiger partial charge on any atom is -0.350 e. The van der Waals surface area contributed by atoms with Crippen molar-refractivity contribution in [1.82, 2.24) is 25.5 Å². The molecule has 4 rings (SSSR count). The first-order valence-corrected chi connectivity index (χ1v) is 8.58. The molecule has 3 N–H and O–H groups in total. The zero-order valence-electron chi connectivity index (χ0n) is 14.4. The number of rotatable bonds is 3. The maximum absolute atomic E-state index is 13.7. The van der Waals surface area contributed by atoms with E-state index in [9.17, 15) is 22.0 Å². The van der Waals surface area contributed by atoms with Crippen LogP contribution in [0.15, 0.2) is 18.3 Å². The minimum absolute atomic E-state index is 0.00613. The van der Waals surface area contributed by atoms with Gasteiger partial charge in [0.1, 0.15) is 17.0 Å². The number of fused-ring (bicyclic) bond motifs is 1. The Kier molecular flexibility index (Phi) is 4.61. The van der Waals surface area contributed by atoms with Crippen LogP contribution in [0.3, 0.4) is 0 Å². The second-order valence-corrected chi connectivity index (χ2v) is 6.53. The summed E-state index contributed by atoms with van der Waals surface area (Å²) in [7, 11) is 0. The smallest absolute Gasteiger partial charge is 0.350 e. The van der Waals surface area contributed by atoms with Crippen LogP contribution in [0.1, 0.15) is 18.4 Å². The monoisotopic (exact) mass is 398 g/mol. The van der Waals surface area contributed by atoms with Gasteiger partial charge in [-0.1, -0.05) is 0 Å². The number of alkyl halides is 3. The third kappa shape index (κ3) is 3.49. The van der Waals surface area contributed by atoms with Crippen molar-refractivity contribution < 1.29 is 22.0 Å². The molecule has 11 heteroatoms. The van der Waals surface area contributed by atoms with Crippen LogP contribution in [0, 0.1) is 11.6 Å². The lowest BCUT2D eigenvalue weighted by molar-refractivity contribution is -0.137. The van der Waals surface area contributed by atoms with Gasteiger partial charge < -0.3 is 10.6 Å². The van der Waals surface area contributed by atoms with Crippen LogP contribution < -0.4 is 10.6 Å². The van der Waals surface area contributed by atoms with E-state index in [1.807, 2.05) is 0 Å². The molecule has 148 valence electrons. The van der Waals surface area contributed by atoms with Gasteiger partial charge in [-0.25, -0.2) is 18.7 Å². The maximum Gasteiger partial charge on any atom is 0.420 e. The third-order valence-corrected chi connectivity index (χ3v) is 4.55. The van der Waals surface area contributed by atoms with Crippen LogP contribution in [-0.4, -0.2) is 39.3 Å². The Morgan fingerprint density at radius 1 is 1.11 bits per heavy atom. The molecule has 0 unspecified atom stereocenters. The quantitative estimate of drug-likeness (QED) is 0.589. The number of hydrogen-bond acceptors (Lipinski definition) is 5. The van der Waals surface area contributed by atoms with Crippen molar-refractivity contribution in [2.75, 3.05) is 18.4 Å². The van der Waals surface area contributed by atoms with Crippen molar-refractivity contribution in [3.63, 3.8) is 0 Å². The van der Waals surface area contributed by atoms with E-state index in [0.29, 0.717) is 12.7 Å². The fourth-order valence-electron chi connectivity index (χ4n) is 3.19. The van der Waals surface area contributed by atoms with Gasteiger partial charge in [0.25, 0.3) is 0 Å². The Bertz CT molecular complexity index is 1010. The van der Waals surface area contributed by atoms with Crippen molar-refractivity contribution in [2.45, 2.75) is 25.1 Å². The number of halogens is 5. The molecule has 0 spiro atoms. The van der Waals surface area contributed by atoms with Crippen molar-refractivity contribution in [3.8, 4) is 11.4 Å². The highest BCUT2D eigenvalue weighted by Crippen LogP contribution is 2.38. The third-order valence-electron chi connectivity index (χ3n) is 4.55. The van der Waals surface area contributed by atoms with Crippen LogP contribution in [-0.2, 0) is 6.18 Å². The number of H-pyrrole nitrogens is 1. The number of aromatic amines is 1. The molecular weight excluding hydrogens is 383 g/mol. The molecule has 3 heterocycles. The highest BCUT2D eigenvalue weighted by atomic mass is 19.4. The number of aromatic nitrogens is 4. The highest BCUT2D eigenvalue weighted by Gasteiger charge is 2.37. The normalized spacial score (nSPS) is 17.8. The highest BCUT2D eigenvalue weighted by molar-refractivity contribution is 5.92. The van der Waals surface area contributed by atoms with Gasteiger partial charge in [0.15, 0.2) is 11.6 Å². The summed E-state index contributed by atoms with van der Waals surface area (Å²) in [6.45, 7) is 1.51. The first-order chi connectivity index (χ1) is 13.3. The van der Waals surface area contributed by atoms with Gasteiger partial charge in [-0.05, 0) is 25.5 Å². The molecule has 1 atom stereocenters. The van der Waals surface area contributed by atoms with E-state index < -0.39 is 29.1 Å². The van der Waals surface area contributed by atoms with Gasteiger partial charge in [0, 0.05) is 30.2 Å². The molecule has 0 bridgehead atoms. The van der Waals surface area contributed by atoms with Gasteiger partial charge >= 0.3 is 6.18 Å². The maximum atomic E-state index is 13.7. The average Bonchev–Trinajstić information content (AvgIpc) is 3.04. The summed E-state index contributed by atoms with van der Waals surface area (Å²) >= 11 is 0. The van der Waals surface area contributed by atoms with E-state index in [1.54, 1.807) is 0 Å². The lowest BCUT2D eigenvalue weighted by Gasteiger charge is -2.24. The summed E-state index contributed by atoms with van der Waals surface area (Å²) in [5, 5.41) is 12.4. The second-order valence-electron chi connectivity index (χ2n) is 6.53. The molecule has 1 saturated heterocycles. The molecule has 28 heavy (non-hydrogen) atoms. The first kappa shape index (κ1) is 18.5. The van der Waals surface area contributed by atoms with Crippen LogP contribution in [0.5, 0.6) is 0 Å². The first-order valence-electron chi connectivity index (χ1n) is 8.58. The van der Waals surface area contributed by atoms with Crippen LogP contribution >= 0.6 is 0 Å². The van der Waals surface area contributed by atoms with E-state index in [1.165, 1.54) is 0 Å². The molecule has 1 aliphatic heterocycles. The van der Waals surface area contributed by atoms with E-state index in [4.69, 9.17) is 0 Å². The van der Waals surface area contributed by atoms with Crippen LogP contribution in [0.25, 0.3) is 22.3 Å². The zero-order valence-corrected chi connectivity index (χ0v) is 14.4. The van der Waals surface area contributed by atoms with Crippen molar-refractivity contribution in [1.29, 1.82) is 0 Å². The standard InChI is InChI=1S/C17H15F5N6/c18-11-4-9-13(5-12(11)19)27-28-14(9)15-10(17(20,21)22)7-24-16(26-15)25-8-2-1-3-23-6-8/h4-5,7-8,23H,1-3,6H2,(H,27,28)(H,24,25,26)/t8-/m0/s1. The average molecular weight is 398 g/mol. The predicted molar refractivity (Wildman–Crippen MR) is 91.6 cm³/mol. The van der Waals surface area contributed by atoms with Gasteiger partial charge in [-0.15, -0.1) is 0 Å². The van der Waals surface area contributed by atoms with Crippen molar-refractivity contribution in [2.24, 2.45) is 0 Å². The van der Waals surface area contributed by atoms with Gasteiger partial charge in [0.05, 0.1) is 5.52 Å². The second kappa shape index (κ2) is 6.97. The summed E-state index contributed by atoms with van der Waals surface area (Å²) in [5.74, 6) is -2.31. The molecule has 1 aliphatic rings. The fourth-order valence-corrected chi connectivity index (χ4v) is 3.19. The van der Waals surface area contributed by atoms with Crippen LogP contribution in [0.2, 0.25) is 0 Å². The summed E-state index contributed by atoms with van der Waals surface area (Å²) in [6, 6.07) is 1.60. The molecule has 1 fully saturated rings. The number of anilines is 1. The number of nitrogens with one attached hydrogen (secondary N) is 3. The Hall–Kier alpha value is -2.82. The SMILES string of the molecule is Fc1cc2[nH]nc(-c3nc(N[C@H]4CCCNC4)ncc3C(F)(F)F)c2cc1F. The lowest BCUT2D eigenvalue weighted by Crippen LogP contribution is -2.38. The largest absolute Gasteiger partial charge is 0.420 e. The molecule has 0 aliphatic carbocycles. The van der Waals surface area contributed by atoms with E-state index in [2.05, 4.69) is 30.8 Å². The Balaban J connectivity index is 1.81. The molecular formula is C17H15F5N6.